The molecule has 0 bridgehead atoms. The molecule has 1 fully saturated rings. The van der Waals surface area contributed by atoms with Gasteiger partial charge in [0.15, 0.2) is 5.16 Å². The zero-order valence-corrected chi connectivity index (χ0v) is 14.2. The molecule has 2 heterocycles. The Labute approximate surface area is 142 Å². The van der Waals surface area contributed by atoms with Gasteiger partial charge in [0.2, 0.25) is 0 Å². The first kappa shape index (κ1) is 14.3. The summed E-state index contributed by atoms with van der Waals surface area (Å²) in [4.78, 5) is 9.16. The van der Waals surface area contributed by atoms with Gasteiger partial charge in [0.05, 0.1) is 10.7 Å². The summed E-state index contributed by atoms with van der Waals surface area (Å²) in [7, 11) is 0. The van der Waals surface area contributed by atoms with Gasteiger partial charge in [-0.05, 0) is 18.9 Å². The minimum absolute atomic E-state index is 0.666. The van der Waals surface area contributed by atoms with Crippen molar-refractivity contribution in [3.63, 3.8) is 0 Å². The Morgan fingerprint density at radius 1 is 1.32 bits per heavy atom. The Hall–Kier alpha value is -1.30. The Morgan fingerprint density at radius 2 is 2.18 bits per heavy atom. The lowest BCUT2D eigenvalue weighted by molar-refractivity contribution is 0.663. The number of benzene rings is 1. The summed E-state index contributed by atoms with van der Waals surface area (Å²) >= 11 is 9.63. The lowest BCUT2D eigenvalue weighted by atomic mass is 10.2. The third-order valence-electron chi connectivity index (χ3n) is 3.58. The van der Waals surface area contributed by atoms with Crippen LogP contribution in [-0.4, -0.2) is 14.5 Å². The van der Waals surface area contributed by atoms with Gasteiger partial charge in [-0.15, -0.1) is 11.3 Å². The van der Waals surface area contributed by atoms with Crippen molar-refractivity contribution in [3.05, 3.63) is 52.8 Å². The molecule has 1 aromatic carbocycles. The predicted molar refractivity (Wildman–Crippen MR) is 92.6 cm³/mol. The van der Waals surface area contributed by atoms with Crippen LogP contribution in [0.2, 0.25) is 5.02 Å². The third-order valence-corrected chi connectivity index (χ3v) is 5.85. The van der Waals surface area contributed by atoms with E-state index < -0.39 is 0 Å². The first-order chi connectivity index (χ1) is 10.8. The highest BCUT2D eigenvalue weighted by molar-refractivity contribution is 7.98. The first-order valence-corrected chi connectivity index (χ1v) is 9.40. The molecule has 0 aliphatic heterocycles. The van der Waals surface area contributed by atoms with Crippen LogP contribution in [0.4, 0.5) is 0 Å². The summed E-state index contributed by atoms with van der Waals surface area (Å²) in [6, 6.07) is 8.51. The van der Waals surface area contributed by atoms with E-state index in [1.807, 2.05) is 30.5 Å². The molecule has 112 valence electrons. The molecule has 4 rings (SSSR count). The highest BCUT2D eigenvalue weighted by Crippen LogP contribution is 2.38. The smallest absolute Gasteiger partial charge is 0.168 e. The van der Waals surface area contributed by atoms with Gasteiger partial charge >= 0.3 is 0 Å². The molecule has 0 radical (unpaired) electrons. The molecule has 0 amide bonds. The van der Waals surface area contributed by atoms with Crippen molar-refractivity contribution in [1.29, 1.82) is 0 Å². The van der Waals surface area contributed by atoms with Crippen LogP contribution in [0, 0.1) is 0 Å². The monoisotopic (exact) mass is 347 g/mol. The van der Waals surface area contributed by atoms with Gasteiger partial charge in [0.1, 0.15) is 5.01 Å². The molecule has 0 atom stereocenters. The van der Waals surface area contributed by atoms with E-state index in [1.54, 1.807) is 23.1 Å². The average molecular weight is 348 g/mol. The maximum atomic E-state index is 6.24. The second-order valence-corrected chi connectivity index (χ2v) is 7.47. The molecule has 0 spiro atoms. The lowest BCUT2D eigenvalue weighted by Crippen LogP contribution is -1.94. The molecule has 22 heavy (non-hydrogen) atoms. The summed E-state index contributed by atoms with van der Waals surface area (Å²) in [6.45, 7) is 0. The highest BCUT2D eigenvalue weighted by atomic mass is 35.5. The van der Waals surface area contributed by atoms with Crippen molar-refractivity contribution in [2.24, 2.45) is 0 Å². The van der Waals surface area contributed by atoms with E-state index in [-0.39, 0.29) is 0 Å². The van der Waals surface area contributed by atoms with Gasteiger partial charge in [-0.2, -0.15) is 0 Å². The number of hydrogen-bond donors (Lipinski definition) is 0. The number of thioether (sulfide) groups is 1. The van der Waals surface area contributed by atoms with E-state index in [2.05, 4.69) is 21.1 Å². The van der Waals surface area contributed by atoms with Gasteiger partial charge in [-0.1, -0.05) is 41.6 Å². The average Bonchev–Trinajstić information content (AvgIpc) is 3.09. The first-order valence-electron chi connectivity index (χ1n) is 7.16. The van der Waals surface area contributed by atoms with Crippen molar-refractivity contribution in [3.8, 4) is 10.6 Å². The number of rotatable bonds is 5. The topological polar surface area (TPSA) is 30.7 Å². The largest absolute Gasteiger partial charge is 0.323 e. The molecule has 1 saturated carbocycles. The van der Waals surface area contributed by atoms with Crippen LogP contribution in [0.1, 0.15) is 24.6 Å². The molecule has 2 aromatic heterocycles. The summed E-state index contributed by atoms with van der Waals surface area (Å²) in [5, 5.41) is 4.93. The zero-order valence-electron chi connectivity index (χ0n) is 11.8. The van der Waals surface area contributed by atoms with Gasteiger partial charge in [-0.25, -0.2) is 9.97 Å². The molecule has 1 aliphatic carbocycles. The summed E-state index contributed by atoms with van der Waals surface area (Å²) < 4.78 is 2.28. The van der Waals surface area contributed by atoms with Crippen LogP contribution in [-0.2, 0) is 5.75 Å². The normalized spacial score (nSPS) is 14.4. The number of nitrogens with zero attached hydrogens (tertiary/aromatic N) is 3. The van der Waals surface area contributed by atoms with E-state index in [1.165, 1.54) is 12.8 Å². The number of halogens is 1. The summed E-state index contributed by atoms with van der Waals surface area (Å²) in [5.74, 6) is 0.838. The van der Waals surface area contributed by atoms with Crippen molar-refractivity contribution >= 4 is 34.7 Å². The van der Waals surface area contributed by atoms with Gasteiger partial charge in [0.25, 0.3) is 0 Å². The maximum Gasteiger partial charge on any atom is 0.168 e. The third kappa shape index (κ3) is 2.93. The Kier molecular flexibility index (Phi) is 3.94. The predicted octanol–water partition coefficient (Wildman–Crippen LogP) is 5.29. The lowest BCUT2D eigenvalue weighted by Gasteiger charge is -2.04. The van der Waals surface area contributed by atoms with Crippen molar-refractivity contribution < 1.29 is 0 Å². The van der Waals surface area contributed by atoms with E-state index in [0.717, 1.165) is 32.2 Å². The molecular weight excluding hydrogens is 334 g/mol. The van der Waals surface area contributed by atoms with E-state index >= 15 is 0 Å². The second kappa shape index (κ2) is 6.07. The Balaban J connectivity index is 1.48. The van der Waals surface area contributed by atoms with E-state index in [4.69, 9.17) is 16.6 Å². The zero-order chi connectivity index (χ0) is 14.9. The second-order valence-electron chi connectivity index (χ2n) is 5.26. The molecule has 6 heteroatoms. The van der Waals surface area contributed by atoms with Gasteiger partial charge in [0, 0.05) is 35.1 Å². The fourth-order valence-electron chi connectivity index (χ4n) is 2.31. The molecule has 0 N–H and O–H groups in total. The van der Waals surface area contributed by atoms with Gasteiger partial charge in [-0.3, -0.25) is 0 Å². The molecular formula is C16H14ClN3S2. The fourth-order valence-corrected chi connectivity index (χ4v) is 4.48. The molecule has 1 aliphatic rings. The van der Waals surface area contributed by atoms with Crippen LogP contribution in [0.25, 0.3) is 10.6 Å². The van der Waals surface area contributed by atoms with Crippen LogP contribution in [0.5, 0.6) is 0 Å². The number of aromatic nitrogens is 3. The van der Waals surface area contributed by atoms with Gasteiger partial charge < -0.3 is 4.57 Å². The van der Waals surface area contributed by atoms with Crippen molar-refractivity contribution in [2.75, 3.05) is 0 Å². The molecule has 3 nitrogen and oxygen atoms in total. The number of thiazole rings is 1. The van der Waals surface area contributed by atoms with Crippen LogP contribution in [0.15, 0.2) is 47.2 Å². The van der Waals surface area contributed by atoms with Crippen LogP contribution in [0.3, 0.4) is 0 Å². The number of hydrogen-bond acceptors (Lipinski definition) is 4. The number of imidazole rings is 1. The van der Waals surface area contributed by atoms with E-state index in [9.17, 15) is 0 Å². The highest BCUT2D eigenvalue weighted by Gasteiger charge is 2.25. The van der Waals surface area contributed by atoms with Crippen LogP contribution < -0.4 is 0 Å². The molecule has 0 saturated heterocycles. The SMILES string of the molecule is Clc1ccccc1-c1nc(CSc2nccn2C2CC2)cs1. The quantitative estimate of drug-likeness (QED) is 0.588. The standard InChI is InChI=1S/C16H14ClN3S2/c17-14-4-2-1-3-13(14)15-19-11(9-21-15)10-22-16-18-7-8-20(16)12-5-6-12/h1-4,7-9,12H,5-6,10H2. The maximum absolute atomic E-state index is 6.24. The Morgan fingerprint density at radius 3 is 3.00 bits per heavy atom. The fraction of sp³-hybridized carbons (Fsp3) is 0.250. The minimum Gasteiger partial charge on any atom is -0.323 e. The molecule has 0 unspecified atom stereocenters. The van der Waals surface area contributed by atoms with Crippen molar-refractivity contribution in [1.82, 2.24) is 14.5 Å². The Bertz CT molecular complexity index is 792. The summed E-state index contributed by atoms with van der Waals surface area (Å²) in [5.41, 5.74) is 2.08. The molecule has 3 aromatic rings. The summed E-state index contributed by atoms with van der Waals surface area (Å²) in [6.07, 6.45) is 6.52. The van der Waals surface area contributed by atoms with Crippen LogP contribution >= 0.6 is 34.7 Å². The minimum atomic E-state index is 0.666. The van der Waals surface area contributed by atoms with E-state index in [0.29, 0.717) is 6.04 Å². The van der Waals surface area contributed by atoms with Crippen molar-refractivity contribution in [2.45, 2.75) is 29.8 Å².